The molecule has 0 spiro atoms. The summed E-state index contributed by atoms with van der Waals surface area (Å²) >= 11 is 5.88. The van der Waals surface area contributed by atoms with Gasteiger partial charge in [-0.2, -0.15) is 0 Å². The van der Waals surface area contributed by atoms with Gasteiger partial charge in [-0.3, -0.25) is 9.59 Å². The van der Waals surface area contributed by atoms with Gasteiger partial charge in [-0.1, -0.05) is 35.9 Å². The fourth-order valence-electron chi connectivity index (χ4n) is 2.06. The van der Waals surface area contributed by atoms with E-state index in [1.165, 1.54) is 14.0 Å². The Labute approximate surface area is 145 Å². The molecule has 24 heavy (non-hydrogen) atoms. The van der Waals surface area contributed by atoms with Crippen molar-refractivity contribution in [3.63, 3.8) is 0 Å². The van der Waals surface area contributed by atoms with E-state index in [2.05, 4.69) is 5.32 Å². The quantitative estimate of drug-likeness (QED) is 0.782. The van der Waals surface area contributed by atoms with Gasteiger partial charge < -0.3 is 14.8 Å². The summed E-state index contributed by atoms with van der Waals surface area (Å²) < 4.78 is 10.7. The number of rotatable bonds is 7. The van der Waals surface area contributed by atoms with Gasteiger partial charge >= 0.3 is 0 Å². The van der Waals surface area contributed by atoms with Crippen molar-refractivity contribution in [3.05, 3.63) is 59.1 Å². The number of para-hydroxylation sites is 2. The fraction of sp³-hybridized carbons (Fsp3) is 0.222. The molecule has 0 bridgehead atoms. The molecule has 5 nitrogen and oxygen atoms in total. The molecular weight excluding hydrogens is 330 g/mol. The summed E-state index contributed by atoms with van der Waals surface area (Å²) in [6.45, 7) is 1.74. The van der Waals surface area contributed by atoms with Crippen molar-refractivity contribution >= 4 is 23.3 Å². The first-order valence-electron chi connectivity index (χ1n) is 7.37. The Morgan fingerprint density at radius 2 is 1.83 bits per heavy atom. The first-order valence-corrected chi connectivity index (χ1v) is 7.75. The summed E-state index contributed by atoms with van der Waals surface area (Å²) in [4.78, 5) is 24.1. The molecule has 1 N–H and O–H groups in total. The zero-order valence-electron chi connectivity index (χ0n) is 13.4. The summed E-state index contributed by atoms with van der Waals surface area (Å²) in [7, 11) is 1.51. The van der Waals surface area contributed by atoms with Crippen LogP contribution in [0.4, 0.5) is 0 Å². The van der Waals surface area contributed by atoms with Crippen LogP contribution >= 0.6 is 11.6 Å². The molecule has 0 aromatic heterocycles. The molecule has 0 saturated heterocycles. The fourth-order valence-corrected chi connectivity index (χ4v) is 2.27. The van der Waals surface area contributed by atoms with Crippen LogP contribution in [0.1, 0.15) is 12.5 Å². The third kappa shape index (κ3) is 4.73. The molecule has 0 radical (unpaired) electrons. The van der Waals surface area contributed by atoms with Gasteiger partial charge in [0.15, 0.2) is 17.6 Å². The molecule has 1 atom stereocenters. The largest absolute Gasteiger partial charge is 0.493 e. The minimum atomic E-state index is -0.930. The van der Waals surface area contributed by atoms with Gasteiger partial charge in [0.25, 0.3) is 11.7 Å². The lowest BCUT2D eigenvalue weighted by Crippen LogP contribution is -2.39. The number of ketones is 1. The highest BCUT2D eigenvalue weighted by Gasteiger charge is 2.23. The zero-order chi connectivity index (χ0) is 17.5. The van der Waals surface area contributed by atoms with Crippen LogP contribution in [-0.4, -0.2) is 24.9 Å². The van der Waals surface area contributed by atoms with Crippen LogP contribution in [0.3, 0.4) is 0 Å². The highest BCUT2D eigenvalue weighted by molar-refractivity contribution is 6.37. The van der Waals surface area contributed by atoms with Crippen molar-refractivity contribution in [1.82, 2.24) is 5.32 Å². The maximum absolute atomic E-state index is 12.1. The van der Waals surface area contributed by atoms with Gasteiger partial charge in [0.05, 0.1) is 7.11 Å². The molecule has 0 aliphatic rings. The molecule has 1 amide bonds. The number of hydrogen-bond acceptors (Lipinski definition) is 4. The van der Waals surface area contributed by atoms with Gasteiger partial charge in [-0.05, 0) is 36.8 Å². The molecule has 0 saturated carbocycles. The van der Waals surface area contributed by atoms with Gasteiger partial charge in [-0.15, -0.1) is 0 Å². The maximum Gasteiger partial charge on any atom is 0.291 e. The van der Waals surface area contributed by atoms with Crippen LogP contribution < -0.4 is 14.8 Å². The van der Waals surface area contributed by atoms with Crippen LogP contribution in [0.2, 0.25) is 5.02 Å². The van der Waals surface area contributed by atoms with Gasteiger partial charge in [0.1, 0.15) is 0 Å². The summed E-state index contributed by atoms with van der Waals surface area (Å²) in [5.74, 6) is -0.472. The van der Waals surface area contributed by atoms with Crippen molar-refractivity contribution in [1.29, 1.82) is 0 Å². The van der Waals surface area contributed by atoms with E-state index < -0.39 is 17.8 Å². The normalized spacial score (nSPS) is 11.5. The molecule has 2 rings (SSSR count). The predicted octanol–water partition coefficient (Wildman–Crippen LogP) is 3.00. The lowest BCUT2D eigenvalue weighted by Gasteiger charge is -2.15. The number of methoxy groups -OCH3 is 1. The van der Waals surface area contributed by atoms with Gasteiger partial charge in [0.2, 0.25) is 0 Å². The van der Waals surface area contributed by atoms with Crippen molar-refractivity contribution in [3.8, 4) is 11.5 Å². The monoisotopic (exact) mass is 347 g/mol. The average Bonchev–Trinajstić information content (AvgIpc) is 2.59. The lowest BCUT2D eigenvalue weighted by molar-refractivity contribution is -0.141. The van der Waals surface area contributed by atoms with E-state index in [4.69, 9.17) is 21.1 Å². The number of nitrogens with one attached hydrogen (secondary N) is 1. The average molecular weight is 348 g/mol. The number of carbonyl (C=O) groups is 2. The number of hydrogen-bond donors (Lipinski definition) is 1. The van der Waals surface area contributed by atoms with Crippen LogP contribution in [0.15, 0.2) is 48.5 Å². The number of amides is 1. The topological polar surface area (TPSA) is 64.6 Å². The SMILES string of the molecule is COc1ccccc1OC(C)C(=O)C(=O)NCc1cccc(Cl)c1. The van der Waals surface area contributed by atoms with E-state index in [0.717, 1.165) is 5.56 Å². The minimum absolute atomic E-state index is 0.215. The molecule has 0 fully saturated rings. The van der Waals surface area contributed by atoms with E-state index in [1.54, 1.807) is 42.5 Å². The summed E-state index contributed by atoms with van der Waals surface area (Å²) in [6.07, 6.45) is -0.930. The number of halogens is 1. The van der Waals surface area contributed by atoms with Gasteiger partial charge in [0, 0.05) is 11.6 Å². The Bertz CT molecular complexity index is 732. The molecule has 2 aromatic carbocycles. The minimum Gasteiger partial charge on any atom is -0.493 e. The number of ether oxygens (including phenoxy) is 2. The molecule has 126 valence electrons. The highest BCUT2D eigenvalue weighted by atomic mass is 35.5. The molecule has 0 aliphatic carbocycles. The van der Waals surface area contributed by atoms with E-state index in [9.17, 15) is 9.59 Å². The molecule has 6 heteroatoms. The summed E-state index contributed by atoms with van der Waals surface area (Å²) in [5.41, 5.74) is 0.807. The molecule has 2 aromatic rings. The van der Waals surface area contributed by atoms with E-state index in [1.807, 2.05) is 6.07 Å². The Morgan fingerprint density at radius 1 is 1.12 bits per heavy atom. The Morgan fingerprint density at radius 3 is 2.50 bits per heavy atom. The number of benzene rings is 2. The van der Waals surface area contributed by atoms with Crippen molar-refractivity contribution in [2.24, 2.45) is 0 Å². The third-order valence-electron chi connectivity index (χ3n) is 3.31. The van der Waals surface area contributed by atoms with Crippen molar-refractivity contribution in [2.75, 3.05) is 7.11 Å². The Kier molecular flexibility index (Phi) is 6.21. The second kappa shape index (κ2) is 8.36. The lowest BCUT2D eigenvalue weighted by atomic mass is 10.2. The second-order valence-corrected chi connectivity index (χ2v) is 5.52. The highest BCUT2D eigenvalue weighted by Crippen LogP contribution is 2.26. The first-order chi connectivity index (χ1) is 11.5. The standard InChI is InChI=1S/C18H18ClNO4/c1-12(24-16-9-4-3-8-15(16)23-2)17(21)18(22)20-11-13-6-5-7-14(19)10-13/h3-10,12H,11H2,1-2H3,(H,20,22). The first kappa shape index (κ1) is 17.8. The maximum atomic E-state index is 12.1. The molecule has 0 aliphatic heterocycles. The third-order valence-corrected chi connectivity index (χ3v) is 3.54. The number of Topliss-reactive ketones (excluding diaryl/α,β-unsaturated/α-hetero) is 1. The van der Waals surface area contributed by atoms with Crippen molar-refractivity contribution in [2.45, 2.75) is 19.6 Å². The van der Waals surface area contributed by atoms with Crippen LogP contribution in [-0.2, 0) is 16.1 Å². The second-order valence-electron chi connectivity index (χ2n) is 5.09. The summed E-state index contributed by atoms with van der Waals surface area (Å²) in [6, 6.07) is 14.0. The molecule has 0 heterocycles. The Hall–Kier alpha value is -2.53. The van der Waals surface area contributed by atoms with Crippen molar-refractivity contribution < 1.29 is 19.1 Å². The molecular formula is C18H18ClNO4. The zero-order valence-corrected chi connectivity index (χ0v) is 14.2. The van der Waals surface area contributed by atoms with Crippen LogP contribution in [0.25, 0.3) is 0 Å². The molecule has 1 unspecified atom stereocenters. The van der Waals surface area contributed by atoms with Crippen LogP contribution in [0.5, 0.6) is 11.5 Å². The summed E-state index contributed by atoms with van der Waals surface area (Å²) in [5, 5.41) is 3.13. The predicted molar refractivity (Wildman–Crippen MR) is 91.4 cm³/mol. The van der Waals surface area contributed by atoms with E-state index in [-0.39, 0.29) is 6.54 Å². The van der Waals surface area contributed by atoms with Crippen LogP contribution in [0, 0.1) is 0 Å². The van der Waals surface area contributed by atoms with E-state index in [0.29, 0.717) is 16.5 Å². The number of carbonyl (C=O) groups excluding carboxylic acids is 2. The van der Waals surface area contributed by atoms with Gasteiger partial charge in [-0.25, -0.2) is 0 Å². The Balaban J connectivity index is 1.93. The van der Waals surface area contributed by atoms with E-state index >= 15 is 0 Å². The smallest absolute Gasteiger partial charge is 0.291 e.